The summed E-state index contributed by atoms with van der Waals surface area (Å²) in [6, 6.07) is 18.0. The third-order valence-corrected chi connectivity index (χ3v) is 4.19. The number of hydrogen-bond acceptors (Lipinski definition) is 4. The molecule has 0 saturated carbocycles. The van der Waals surface area contributed by atoms with Gasteiger partial charge >= 0.3 is 0 Å². The van der Waals surface area contributed by atoms with E-state index in [9.17, 15) is 4.79 Å². The molecule has 1 amide bonds. The molecule has 0 atom stereocenters. The first-order valence-electron chi connectivity index (χ1n) is 8.34. The number of hydrazine groups is 1. The number of rotatable bonds is 6. The number of piperazine rings is 1. The first-order chi connectivity index (χ1) is 11.8. The zero-order valence-corrected chi connectivity index (χ0v) is 14.0. The van der Waals surface area contributed by atoms with Gasteiger partial charge in [0.25, 0.3) is 0 Å². The standard InChI is InChI=1S/C19H23N3O2/c1-2-24-19-10-8-18(9-11-19)22(16-23)21-14-12-20(13-15-21)17-6-4-3-5-7-17/h3-11,16H,2,12-15H2,1H3. The van der Waals surface area contributed by atoms with Crippen molar-refractivity contribution in [2.75, 3.05) is 42.7 Å². The molecule has 0 aromatic heterocycles. The lowest BCUT2D eigenvalue weighted by molar-refractivity contribution is -0.110. The van der Waals surface area contributed by atoms with E-state index in [0.29, 0.717) is 6.61 Å². The predicted molar refractivity (Wildman–Crippen MR) is 96.4 cm³/mol. The maximum atomic E-state index is 11.6. The number of benzene rings is 2. The van der Waals surface area contributed by atoms with E-state index in [1.807, 2.05) is 37.3 Å². The van der Waals surface area contributed by atoms with Gasteiger partial charge in [-0.2, -0.15) is 0 Å². The largest absolute Gasteiger partial charge is 0.494 e. The summed E-state index contributed by atoms with van der Waals surface area (Å²) in [5.74, 6) is 0.820. The van der Waals surface area contributed by atoms with Gasteiger partial charge in [0.2, 0.25) is 6.41 Å². The summed E-state index contributed by atoms with van der Waals surface area (Å²) in [6.07, 6.45) is 0.883. The van der Waals surface area contributed by atoms with Gasteiger partial charge in [-0.1, -0.05) is 18.2 Å². The fourth-order valence-electron chi connectivity index (χ4n) is 2.96. The van der Waals surface area contributed by atoms with Gasteiger partial charge in [-0.05, 0) is 43.3 Å². The van der Waals surface area contributed by atoms with Crippen molar-refractivity contribution in [1.82, 2.24) is 5.01 Å². The van der Waals surface area contributed by atoms with Crippen LogP contribution in [0.4, 0.5) is 11.4 Å². The van der Waals surface area contributed by atoms with Crippen molar-refractivity contribution in [2.45, 2.75) is 6.92 Å². The Hall–Kier alpha value is -2.53. The zero-order chi connectivity index (χ0) is 16.8. The average Bonchev–Trinajstić information content (AvgIpc) is 2.65. The summed E-state index contributed by atoms with van der Waals surface area (Å²) in [7, 11) is 0. The van der Waals surface area contributed by atoms with Gasteiger partial charge in [-0.3, -0.25) is 4.79 Å². The minimum atomic E-state index is 0.637. The minimum absolute atomic E-state index is 0.637. The van der Waals surface area contributed by atoms with Crippen molar-refractivity contribution >= 4 is 17.8 Å². The molecule has 0 unspecified atom stereocenters. The molecule has 1 aliphatic heterocycles. The van der Waals surface area contributed by atoms with Crippen LogP contribution in [0.15, 0.2) is 54.6 Å². The molecule has 0 aliphatic carbocycles. The molecule has 1 fully saturated rings. The summed E-state index contributed by atoms with van der Waals surface area (Å²) in [5, 5.41) is 3.78. The Morgan fingerprint density at radius 2 is 1.67 bits per heavy atom. The quantitative estimate of drug-likeness (QED) is 0.765. The van der Waals surface area contributed by atoms with Crippen LogP contribution < -0.4 is 14.6 Å². The van der Waals surface area contributed by atoms with Gasteiger partial charge < -0.3 is 9.64 Å². The number of nitrogens with zero attached hydrogens (tertiary/aromatic N) is 3. The van der Waals surface area contributed by atoms with E-state index in [0.717, 1.165) is 44.0 Å². The fourth-order valence-corrected chi connectivity index (χ4v) is 2.96. The van der Waals surface area contributed by atoms with Crippen molar-refractivity contribution in [3.63, 3.8) is 0 Å². The van der Waals surface area contributed by atoms with Crippen LogP contribution >= 0.6 is 0 Å². The van der Waals surface area contributed by atoms with Crippen LogP contribution in [0, 0.1) is 0 Å². The Morgan fingerprint density at radius 1 is 1.00 bits per heavy atom. The molecule has 0 N–H and O–H groups in total. The SMILES string of the molecule is CCOc1ccc(N(C=O)N2CCN(c3ccccc3)CC2)cc1. The Balaban J connectivity index is 1.64. The number of hydrogen-bond donors (Lipinski definition) is 0. The van der Waals surface area contributed by atoms with Crippen LogP contribution in [-0.4, -0.2) is 44.2 Å². The third-order valence-electron chi connectivity index (χ3n) is 4.19. The molecular formula is C19H23N3O2. The smallest absolute Gasteiger partial charge is 0.228 e. The van der Waals surface area contributed by atoms with E-state index in [1.54, 1.807) is 5.01 Å². The molecule has 0 bridgehead atoms. The number of carbonyl (C=O) groups excluding carboxylic acids is 1. The second kappa shape index (κ2) is 7.84. The monoisotopic (exact) mass is 325 g/mol. The molecular weight excluding hydrogens is 302 g/mol. The van der Waals surface area contributed by atoms with Crippen LogP contribution in [0.5, 0.6) is 5.75 Å². The van der Waals surface area contributed by atoms with Crippen molar-refractivity contribution in [3.05, 3.63) is 54.6 Å². The number of anilines is 2. The Morgan fingerprint density at radius 3 is 2.25 bits per heavy atom. The molecule has 5 nitrogen and oxygen atoms in total. The van der Waals surface area contributed by atoms with Crippen LogP contribution in [-0.2, 0) is 4.79 Å². The number of carbonyl (C=O) groups is 1. The van der Waals surface area contributed by atoms with E-state index in [4.69, 9.17) is 4.74 Å². The third kappa shape index (κ3) is 3.68. The molecule has 24 heavy (non-hydrogen) atoms. The minimum Gasteiger partial charge on any atom is -0.494 e. The highest BCUT2D eigenvalue weighted by Gasteiger charge is 2.22. The van der Waals surface area contributed by atoms with E-state index >= 15 is 0 Å². The summed E-state index contributed by atoms with van der Waals surface area (Å²) in [5.41, 5.74) is 2.09. The maximum Gasteiger partial charge on any atom is 0.228 e. The molecule has 1 heterocycles. The average molecular weight is 325 g/mol. The maximum absolute atomic E-state index is 11.6. The van der Waals surface area contributed by atoms with Crippen molar-refractivity contribution in [3.8, 4) is 5.75 Å². The summed E-state index contributed by atoms with van der Waals surface area (Å²) >= 11 is 0. The molecule has 0 radical (unpaired) electrons. The highest BCUT2D eigenvalue weighted by Crippen LogP contribution is 2.22. The number of ether oxygens (including phenoxy) is 1. The van der Waals surface area contributed by atoms with E-state index in [1.165, 1.54) is 5.69 Å². The Bertz CT molecular complexity index is 637. The summed E-state index contributed by atoms with van der Waals surface area (Å²) in [4.78, 5) is 14.0. The van der Waals surface area contributed by atoms with Gasteiger partial charge in [0.05, 0.1) is 12.3 Å². The second-order valence-electron chi connectivity index (χ2n) is 5.65. The Kier molecular flexibility index (Phi) is 5.33. The summed E-state index contributed by atoms with van der Waals surface area (Å²) < 4.78 is 5.46. The van der Waals surface area contributed by atoms with Gasteiger partial charge in [0.15, 0.2) is 0 Å². The number of amides is 1. The van der Waals surface area contributed by atoms with Gasteiger partial charge in [-0.25, -0.2) is 10.0 Å². The molecule has 2 aromatic carbocycles. The van der Waals surface area contributed by atoms with Crippen LogP contribution in [0.1, 0.15) is 6.92 Å². The lowest BCUT2D eigenvalue weighted by atomic mass is 10.2. The van der Waals surface area contributed by atoms with Gasteiger partial charge in [-0.15, -0.1) is 0 Å². The lowest BCUT2D eigenvalue weighted by Gasteiger charge is -2.40. The van der Waals surface area contributed by atoms with Crippen molar-refractivity contribution in [2.24, 2.45) is 0 Å². The molecule has 1 aliphatic rings. The van der Waals surface area contributed by atoms with Crippen LogP contribution in [0.3, 0.4) is 0 Å². The molecule has 1 saturated heterocycles. The molecule has 3 rings (SSSR count). The van der Waals surface area contributed by atoms with Crippen LogP contribution in [0.25, 0.3) is 0 Å². The fraction of sp³-hybridized carbons (Fsp3) is 0.316. The van der Waals surface area contributed by atoms with Gasteiger partial charge in [0.1, 0.15) is 5.75 Å². The Labute approximate surface area is 143 Å². The van der Waals surface area contributed by atoms with E-state index in [2.05, 4.69) is 34.2 Å². The van der Waals surface area contributed by atoms with Gasteiger partial charge in [0, 0.05) is 31.9 Å². The van der Waals surface area contributed by atoms with Crippen molar-refractivity contribution < 1.29 is 9.53 Å². The normalized spacial score (nSPS) is 15.1. The van der Waals surface area contributed by atoms with Crippen molar-refractivity contribution in [1.29, 1.82) is 0 Å². The highest BCUT2D eigenvalue weighted by molar-refractivity contribution is 5.74. The topological polar surface area (TPSA) is 36.0 Å². The van der Waals surface area contributed by atoms with E-state index < -0.39 is 0 Å². The highest BCUT2D eigenvalue weighted by atomic mass is 16.5. The first-order valence-corrected chi connectivity index (χ1v) is 8.34. The molecule has 5 heteroatoms. The number of para-hydroxylation sites is 1. The molecule has 2 aromatic rings. The molecule has 0 spiro atoms. The first kappa shape index (κ1) is 16.3. The summed E-state index contributed by atoms with van der Waals surface area (Å²) in [6.45, 7) is 5.99. The van der Waals surface area contributed by atoms with E-state index in [-0.39, 0.29) is 0 Å². The van der Waals surface area contributed by atoms with Crippen LogP contribution in [0.2, 0.25) is 0 Å². The second-order valence-corrected chi connectivity index (χ2v) is 5.65. The molecule has 126 valence electrons. The predicted octanol–water partition coefficient (Wildman–Crippen LogP) is 2.79. The zero-order valence-electron chi connectivity index (χ0n) is 14.0. The lowest BCUT2D eigenvalue weighted by Crippen LogP contribution is -2.53.